The van der Waals surface area contributed by atoms with Crippen molar-refractivity contribution in [2.75, 3.05) is 0 Å². The summed E-state index contributed by atoms with van der Waals surface area (Å²) >= 11 is 0. The molecule has 1 rings (SSSR count). The van der Waals surface area contributed by atoms with Crippen LogP contribution in [0.1, 0.15) is 28.2 Å². The molecule has 1 N–H and O–H groups in total. The van der Waals surface area contributed by atoms with Gasteiger partial charge in [-0.25, -0.2) is 22.9 Å². The summed E-state index contributed by atoms with van der Waals surface area (Å²) in [5, 5.41) is 16.8. The molecule has 0 aliphatic carbocycles. The normalized spacial score (nSPS) is 10.1. The van der Waals surface area contributed by atoms with Gasteiger partial charge in [0.15, 0.2) is 5.82 Å². The minimum absolute atomic E-state index is 0.566. The van der Waals surface area contributed by atoms with Gasteiger partial charge in [-0.1, -0.05) is 0 Å². The second-order valence-corrected chi connectivity index (χ2v) is 2.47. The summed E-state index contributed by atoms with van der Waals surface area (Å²) in [4.78, 5) is 13.4. The number of nitrogens with zero attached hydrogens (tertiary/aromatic N) is 2. The van der Waals surface area contributed by atoms with Crippen molar-refractivity contribution in [3.63, 3.8) is 0 Å². The zero-order valence-electron chi connectivity index (χ0n) is 7.04. The highest BCUT2D eigenvalue weighted by Gasteiger charge is 2.23. The first-order chi connectivity index (χ1) is 6.97. The highest BCUT2D eigenvalue weighted by molar-refractivity contribution is 5.88. The van der Waals surface area contributed by atoms with Crippen LogP contribution in [-0.2, 0) is 0 Å². The molecule has 0 radical (unpaired) electrons. The number of hydrogen-bond donors (Lipinski definition) is 1. The van der Waals surface area contributed by atoms with Gasteiger partial charge in [0, 0.05) is 0 Å². The average Bonchev–Trinajstić information content (AvgIpc) is 2.17. The summed E-state index contributed by atoms with van der Waals surface area (Å²) < 4.78 is 37.4. The lowest BCUT2D eigenvalue weighted by Gasteiger charge is -2.04. The molecule has 0 spiro atoms. The maximum absolute atomic E-state index is 13.1. The molecule has 0 aliphatic rings. The highest BCUT2D eigenvalue weighted by Crippen LogP contribution is 2.22. The summed E-state index contributed by atoms with van der Waals surface area (Å²) in [6.07, 6.45) is -3.27. The maximum Gasteiger partial charge on any atom is 0.338 e. The number of aromatic nitrogens is 1. The van der Waals surface area contributed by atoms with Gasteiger partial charge in [0.25, 0.3) is 6.43 Å². The Kier molecular flexibility index (Phi) is 2.90. The minimum atomic E-state index is -3.27. The molecule has 1 aromatic rings. The zero-order valence-corrected chi connectivity index (χ0v) is 7.04. The first-order valence-electron chi connectivity index (χ1n) is 3.59. The summed E-state index contributed by atoms with van der Waals surface area (Å²) in [6, 6.07) is 1.97. The number of nitriles is 1. The minimum Gasteiger partial charge on any atom is -0.478 e. The Labute approximate surface area is 81.6 Å². The van der Waals surface area contributed by atoms with Crippen molar-refractivity contribution in [3.05, 3.63) is 28.8 Å². The number of hydrogen-bond acceptors (Lipinski definition) is 3. The van der Waals surface area contributed by atoms with Gasteiger partial charge in [0.2, 0.25) is 0 Å². The van der Waals surface area contributed by atoms with Crippen LogP contribution in [0.15, 0.2) is 6.07 Å². The first kappa shape index (κ1) is 11.0. The zero-order chi connectivity index (χ0) is 11.6. The Balaban J connectivity index is 3.49. The Morgan fingerprint density at radius 2 is 2.20 bits per heavy atom. The van der Waals surface area contributed by atoms with Crippen molar-refractivity contribution in [2.24, 2.45) is 0 Å². The molecule has 15 heavy (non-hydrogen) atoms. The third-order valence-electron chi connectivity index (χ3n) is 1.53. The lowest BCUT2D eigenvalue weighted by molar-refractivity contribution is 0.0689. The SMILES string of the molecule is N#Cc1cc(C(=O)O)c(F)c(C(F)F)n1. The number of carboxylic acids is 1. The molecule has 1 heterocycles. The molecule has 0 atom stereocenters. The van der Waals surface area contributed by atoms with E-state index in [-0.39, 0.29) is 0 Å². The third-order valence-corrected chi connectivity index (χ3v) is 1.53. The number of halogens is 3. The third kappa shape index (κ3) is 2.04. The van der Waals surface area contributed by atoms with Crippen molar-refractivity contribution >= 4 is 5.97 Å². The van der Waals surface area contributed by atoms with Gasteiger partial charge in [-0.05, 0) is 6.07 Å². The molecule has 78 valence electrons. The van der Waals surface area contributed by atoms with E-state index >= 15 is 0 Å². The van der Waals surface area contributed by atoms with E-state index in [9.17, 15) is 18.0 Å². The predicted octanol–water partition coefficient (Wildman–Crippen LogP) is 1.73. The van der Waals surface area contributed by atoms with Crippen LogP contribution in [0, 0.1) is 17.1 Å². The van der Waals surface area contributed by atoms with E-state index < -0.39 is 35.2 Å². The molecular weight excluding hydrogens is 213 g/mol. The lowest BCUT2D eigenvalue weighted by atomic mass is 10.2. The largest absolute Gasteiger partial charge is 0.478 e. The van der Waals surface area contributed by atoms with E-state index in [1.165, 1.54) is 6.07 Å². The fraction of sp³-hybridized carbons (Fsp3) is 0.125. The standard InChI is InChI=1S/C8H3F3N2O2/c9-5-4(8(14)15)1-3(2-12)13-6(5)7(10)11/h1,7H,(H,14,15). The predicted molar refractivity (Wildman–Crippen MR) is 40.8 cm³/mol. The molecular formula is C8H3F3N2O2. The first-order valence-corrected chi connectivity index (χ1v) is 3.59. The fourth-order valence-corrected chi connectivity index (χ4v) is 0.907. The van der Waals surface area contributed by atoms with Crippen LogP contribution in [0.3, 0.4) is 0 Å². The number of carbonyl (C=O) groups is 1. The van der Waals surface area contributed by atoms with Crippen molar-refractivity contribution in [1.29, 1.82) is 5.26 Å². The molecule has 0 unspecified atom stereocenters. The summed E-state index contributed by atoms with van der Waals surface area (Å²) in [6.45, 7) is 0. The van der Waals surface area contributed by atoms with Gasteiger partial charge in [-0.3, -0.25) is 0 Å². The van der Waals surface area contributed by atoms with E-state index in [1.54, 1.807) is 0 Å². The Hall–Kier alpha value is -2.10. The van der Waals surface area contributed by atoms with Crippen LogP contribution in [0.5, 0.6) is 0 Å². The van der Waals surface area contributed by atoms with Crippen molar-refractivity contribution in [3.8, 4) is 6.07 Å². The quantitative estimate of drug-likeness (QED) is 0.816. The van der Waals surface area contributed by atoms with E-state index in [4.69, 9.17) is 10.4 Å². The number of rotatable bonds is 2. The average molecular weight is 216 g/mol. The number of pyridine rings is 1. The van der Waals surface area contributed by atoms with Gasteiger partial charge < -0.3 is 5.11 Å². The molecule has 0 bridgehead atoms. The van der Waals surface area contributed by atoms with E-state index in [2.05, 4.69) is 4.98 Å². The van der Waals surface area contributed by atoms with Crippen molar-refractivity contribution in [1.82, 2.24) is 4.98 Å². The van der Waals surface area contributed by atoms with Gasteiger partial charge in [0.1, 0.15) is 23.0 Å². The lowest BCUT2D eigenvalue weighted by Crippen LogP contribution is -2.08. The molecule has 0 saturated carbocycles. The summed E-state index contributed by atoms with van der Waals surface area (Å²) in [5.74, 6) is -3.34. The molecule has 4 nitrogen and oxygen atoms in total. The van der Waals surface area contributed by atoms with Gasteiger partial charge in [-0.15, -0.1) is 0 Å². The van der Waals surface area contributed by atoms with Crippen molar-refractivity contribution in [2.45, 2.75) is 6.43 Å². The van der Waals surface area contributed by atoms with Crippen LogP contribution in [0.25, 0.3) is 0 Å². The highest BCUT2D eigenvalue weighted by atomic mass is 19.3. The molecule has 0 aliphatic heterocycles. The Bertz CT molecular complexity index is 454. The van der Waals surface area contributed by atoms with Crippen molar-refractivity contribution < 1.29 is 23.1 Å². The van der Waals surface area contributed by atoms with Crippen LogP contribution in [0.4, 0.5) is 13.2 Å². The monoisotopic (exact) mass is 216 g/mol. The fourth-order valence-electron chi connectivity index (χ4n) is 0.907. The van der Waals surface area contributed by atoms with Gasteiger partial charge in [0.05, 0.1) is 0 Å². The van der Waals surface area contributed by atoms with Crippen LogP contribution >= 0.6 is 0 Å². The second-order valence-electron chi connectivity index (χ2n) is 2.47. The van der Waals surface area contributed by atoms with E-state index in [0.29, 0.717) is 6.07 Å². The molecule has 1 aromatic heterocycles. The van der Waals surface area contributed by atoms with Gasteiger partial charge >= 0.3 is 5.97 Å². The Morgan fingerprint density at radius 1 is 1.60 bits per heavy atom. The molecule has 7 heteroatoms. The molecule has 0 fully saturated rings. The summed E-state index contributed by atoms with van der Waals surface area (Å²) in [7, 11) is 0. The summed E-state index contributed by atoms with van der Waals surface area (Å²) in [5.41, 5.74) is -2.88. The van der Waals surface area contributed by atoms with Gasteiger partial charge in [-0.2, -0.15) is 5.26 Å². The second kappa shape index (κ2) is 3.96. The maximum atomic E-state index is 13.1. The van der Waals surface area contributed by atoms with E-state index in [1.807, 2.05) is 0 Å². The topological polar surface area (TPSA) is 74.0 Å². The molecule has 0 aromatic carbocycles. The van der Waals surface area contributed by atoms with E-state index in [0.717, 1.165) is 0 Å². The number of alkyl halides is 2. The number of aromatic carboxylic acids is 1. The molecule has 0 saturated heterocycles. The van der Waals surface area contributed by atoms with Crippen LogP contribution < -0.4 is 0 Å². The van der Waals surface area contributed by atoms with Crippen LogP contribution in [-0.4, -0.2) is 16.1 Å². The molecule has 0 amide bonds. The Morgan fingerprint density at radius 3 is 2.60 bits per heavy atom. The smallest absolute Gasteiger partial charge is 0.338 e. The van der Waals surface area contributed by atoms with Crippen LogP contribution in [0.2, 0.25) is 0 Å². The number of carboxylic acid groups (broad SMARTS) is 1.